The van der Waals surface area contributed by atoms with E-state index in [1.807, 2.05) is 111 Å². The molecule has 3 aromatic carbocycles. The molecule has 0 bridgehead atoms. The molecule has 5 rings (SSSR count). The fourth-order valence-corrected chi connectivity index (χ4v) is 6.69. The Morgan fingerprint density at radius 3 is 2.12 bits per heavy atom. The maximum Gasteiger partial charge on any atom is 0.318 e. The predicted molar refractivity (Wildman–Crippen MR) is 168 cm³/mol. The normalized spacial score (nSPS) is 22.3. The highest BCUT2D eigenvalue weighted by atomic mass is 32.2. The van der Waals surface area contributed by atoms with Crippen molar-refractivity contribution in [1.29, 1.82) is 0 Å². The average Bonchev–Trinajstić information content (AvgIpc) is 3.37. The van der Waals surface area contributed by atoms with E-state index in [-0.39, 0.29) is 23.8 Å². The van der Waals surface area contributed by atoms with Crippen molar-refractivity contribution in [3.05, 3.63) is 101 Å². The zero-order valence-corrected chi connectivity index (χ0v) is 25.6. The van der Waals surface area contributed by atoms with E-state index in [4.69, 9.17) is 0 Å². The van der Waals surface area contributed by atoms with Gasteiger partial charge in [0.25, 0.3) is 0 Å². The van der Waals surface area contributed by atoms with E-state index >= 15 is 0 Å². The van der Waals surface area contributed by atoms with Gasteiger partial charge in [-0.15, -0.1) is 11.8 Å². The third-order valence-corrected chi connectivity index (χ3v) is 9.02. The lowest BCUT2D eigenvalue weighted by Crippen LogP contribution is -2.56. The first-order valence-corrected chi connectivity index (χ1v) is 15.9. The molecule has 0 aliphatic carbocycles. The Morgan fingerprint density at radius 2 is 1.52 bits per heavy atom. The molecule has 2 aliphatic heterocycles. The zero-order valence-electron chi connectivity index (χ0n) is 24.7. The molecule has 2 heterocycles. The SMILES string of the molecule is CSc1ccc(C(=O)C2C(c3ccccc3)C(C(=O)N3CCNCC3)N(C(=O)NC(C)C)C2c2ccc(C)cc2)cc1. The number of carbonyl (C=O) groups excluding carboxylic acids is 3. The topological polar surface area (TPSA) is 81.8 Å². The van der Waals surface area contributed by atoms with E-state index in [1.54, 1.807) is 16.7 Å². The summed E-state index contributed by atoms with van der Waals surface area (Å²) in [4.78, 5) is 48.1. The van der Waals surface area contributed by atoms with Crippen LogP contribution in [0.2, 0.25) is 0 Å². The van der Waals surface area contributed by atoms with Crippen LogP contribution in [0.15, 0.2) is 83.8 Å². The number of urea groups is 1. The smallest absolute Gasteiger partial charge is 0.318 e. The number of thioether (sulfide) groups is 1. The number of Topliss-reactive ketones (excluding diaryl/α,β-unsaturated/α-hetero) is 1. The number of amides is 3. The Bertz CT molecular complexity index is 1390. The average molecular weight is 585 g/mol. The predicted octanol–water partition coefficient (Wildman–Crippen LogP) is 5.27. The van der Waals surface area contributed by atoms with Gasteiger partial charge in [0.2, 0.25) is 5.91 Å². The number of rotatable bonds is 7. The van der Waals surface area contributed by atoms with E-state index in [2.05, 4.69) is 10.6 Å². The molecule has 2 fully saturated rings. The second-order valence-electron chi connectivity index (χ2n) is 11.4. The molecule has 2 aliphatic rings. The monoisotopic (exact) mass is 584 g/mol. The standard InChI is InChI=1S/C34H40N4O3S/c1-22(2)36-34(41)38-30(25-12-10-23(3)11-13-25)29(32(39)26-14-16-27(42-4)17-15-26)28(24-8-6-5-7-9-24)31(38)33(40)37-20-18-35-19-21-37/h5-17,22,28-31,35H,18-21H2,1-4H3,(H,36,41). The maximum absolute atomic E-state index is 14.7. The molecule has 2 saturated heterocycles. The van der Waals surface area contributed by atoms with Crippen molar-refractivity contribution in [2.24, 2.45) is 5.92 Å². The summed E-state index contributed by atoms with van der Waals surface area (Å²) in [6, 6.07) is 23.4. The van der Waals surface area contributed by atoms with E-state index in [0.29, 0.717) is 31.7 Å². The van der Waals surface area contributed by atoms with Crippen molar-refractivity contribution in [3.63, 3.8) is 0 Å². The van der Waals surface area contributed by atoms with Crippen LogP contribution in [0.3, 0.4) is 0 Å². The highest BCUT2D eigenvalue weighted by Gasteiger charge is 2.58. The zero-order chi connectivity index (χ0) is 29.8. The number of ketones is 1. The van der Waals surface area contributed by atoms with Crippen LogP contribution in [0.4, 0.5) is 4.79 Å². The summed E-state index contributed by atoms with van der Waals surface area (Å²) in [6.45, 7) is 8.33. The lowest BCUT2D eigenvalue weighted by atomic mass is 9.76. The molecule has 0 aromatic heterocycles. The second-order valence-corrected chi connectivity index (χ2v) is 12.3. The van der Waals surface area contributed by atoms with Gasteiger partial charge < -0.3 is 20.4 Å². The van der Waals surface area contributed by atoms with Gasteiger partial charge in [-0.05, 0) is 50.3 Å². The number of hydrogen-bond donors (Lipinski definition) is 2. The summed E-state index contributed by atoms with van der Waals surface area (Å²) in [7, 11) is 0. The van der Waals surface area contributed by atoms with Crippen LogP contribution in [0.1, 0.15) is 52.9 Å². The fourth-order valence-electron chi connectivity index (χ4n) is 6.28. The molecule has 4 atom stereocenters. The van der Waals surface area contributed by atoms with Crippen LogP contribution in [-0.4, -0.2) is 72.0 Å². The van der Waals surface area contributed by atoms with Gasteiger partial charge in [-0.3, -0.25) is 9.59 Å². The Labute approximate surface area is 253 Å². The Hall–Kier alpha value is -3.62. The molecule has 4 unspecified atom stereocenters. The first-order chi connectivity index (χ1) is 20.3. The lowest BCUT2D eigenvalue weighted by molar-refractivity contribution is -0.136. The van der Waals surface area contributed by atoms with Crippen molar-refractivity contribution >= 4 is 29.5 Å². The number of hydrogen-bond acceptors (Lipinski definition) is 5. The van der Waals surface area contributed by atoms with Gasteiger partial charge >= 0.3 is 6.03 Å². The van der Waals surface area contributed by atoms with Gasteiger partial charge in [-0.25, -0.2) is 4.79 Å². The lowest BCUT2D eigenvalue weighted by Gasteiger charge is -2.36. The maximum atomic E-state index is 14.7. The number of carbonyl (C=O) groups is 3. The molecular weight excluding hydrogens is 544 g/mol. The van der Waals surface area contributed by atoms with Gasteiger partial charge in [-0.1, -0.05) is 72.3 Å². The summed E-state index contributed by atoms with van der Waals surface area (Å²) in [5.41, 5.74) is 3.38. The Morgan fingerprint density at radius 1 is 0.881 bits per heavy atom. The summed E-state index contributed by atoms with van der Waals surface area (Å²) < 4.78 is 0. The minimum absolute atomic E-state index is 0.0694. The molecule has 2 N–H and O–H groups in total. The highest BCUT2D eigenvalue weighted by molar-refractivity contribution is 7.98. The number of likely N-dealkylation sites (tertiary alicyclic amines) is 1. The number of aryl methyl sites for hydroxylation is 1. The van der Waals surface area contributed by atoms with Crippen LogP contribution in [0.25, 0.3) is 0 Å². The molecular formula is C34H40N4O3S. The third kappa shape index (κ3) is 6.10. The summed E-state index contributed by atoms with van der Waals surface area (Å²) in [6.07, 6.45) is 2.00. The van der Waals surface area contributed by atoms with Crippen LogP contribution < -0.4 is 10.6 Å². The Balaban J connectivity index is 1.73. The number of nitrogens with one attached hydrogen (secondary N) is 2. The summed E-state index contributed by atoms with van der Waals surface area (Å²) >= 11 is 1.62. The van der Waals surface area contributed by atoms with Gasteiger partial charge in [-0.2, -0.15) is 0 Å². The van der Waals surface area contributed by atoms with E-state index < -0.39 is 23.9 Å². The van der Waals surface area contributed by atoms with E-state index in [9.17, 15) is 14.4 Å². The van der Waals surface area contributed by atoms with Crippen LogP contribution in [0, 0.1) is 12.8 Å². The van der Waals surface area contributed by atoms with E-state index in [0.717, 1.165) is 21.6 Å². The number of benzene rings is 3. The van der Waals surface area contributed by atoms with Crippen LogP contribution in [0.5, 0.6) is 0 Å². The largest absolute Gasteiger partial charge is 0.338 e. The first-order valence-electron chi connectivity index (χ1n) is 14.7. The van der Waals surface area contributed by atoms with Gasteiger partial charge in [0.05, 0.1) is 12.0 Å². The van der Waals surface area contributed by atoms with Gasteiger partial charge in [0.15, 0.2) is 5.78 Å². The third-order valence-electron chi connectivity index (χ3n) is 8.28. The first kappa shape index (κ1) is 29.9. The minimum atomic E-state index is -0.852. The summed E-state index contributed by atoms with van der Waals surface area (Å²) in [5.74, 6) is -1.40. The molecule has 7 nitrogen and oxygen atoms in total. The number of piperazine rings is 1. The molecule has 220 valence electrons. The number of nitrogens with zero attached hydrogens (tertiary/aromatic N) is 2. The van der Waals surface area contributed by atoms with Crippen molar-refractivity contribution < 1.29 is 14.4 Å². The fraction of sp³-hybridized carbons (Fsp3) is 0.382. The van der Waals surface area contributed by atoms with Crippen LogP contribution in [-0.2, 0) is 4.79 Å². The molecule has 3 amide bonds. The van der Waals surface area contributed by atoms with Crippen molar-refractivity contribution in [1.82, 2.24) is 20.4 Å². The molecule has 3 aromatic rings. The quantitative estimate of drug-likeness (QED) is 0.292. The minimum Gasteiger partial charge on any atom is -0.338 e. The Kier molecular flexibility index (Phi) is 9.34. The van der Waals surface area contributed by atoms with Crippen LogP contribution >= 0.6 is 11.8 Å². The summed E-state index contributed by atoms with van der Waals surface area (Å²) in [5, 5.41) is 6.38. The molecule has 0 spiro atoms. The second kappa shape index (κ2) is 13.1. The van der Waals surface area contributed by atoms with Gasteiger partial charge in [0, 0.05) is 48.6 Å². The van der Waals surface area contributed by atoms with Crippen molar-refractivity contribution in [2.45, 2.75) is 49.7 Å². The highest BCUT2D eigenvalue weighted by Crippen LogP contribution is 2.51. The van der Waals surface area contributed by atoms with E-state index in [1.165, 1.54) is 0 Å². The van der Waals surface area contributed by atoms with Gasteiger partial charge in [0.1, 0.15) is 6.04 Å². The molecule has 42 heavy (non-hydrogen) atoms. The van der Waals surface area contributed by atoms with Crippen molar-refractivity contribution in [3.8, 4) is 0 Å². The molecule has 0 saturated carbocycles. The molecule has 8 heteroatoms. The molecule has 0 radical (unpaired) electrons. The van der Waals surface area contributed by atoms with Crippen molar-refractivity contribution in [2.75, 3.05) is 32.4 Å².